The van der Waals surface area contributed by atoms with Crippen LogP contribution in [0.2, 0.25) is 0 Å². The van der Waals surface area contributed by atoms with Gasteiger partial charge >= 0.3 is 6.18 Å². The van der Waals surface area contributed by atoms with Gasteiger partial charge in [-0.05, 0) is 31.0 Å². The van der Waals surface area contributed by atoms with Gasteiger partial charge in [-0.2, -0.15) is 13.2 Å². The molecule has 6 heteroatoms. The number of likely N-dealkylation sites (N-methyl/N-ethyl adjacent to an activating group) is 1. The highest BCUT2D eigenvalue weighted by atomic mass is 19.4. The summed E-state index contributed by atoms with van der Waals surface area (Å²) in [5.74, 6) is -0.603. The minimum atomic E-state index is -4.37. The lowest BCUT2D eigenvalue weighted by atomic mass is 10.1. The number of fused-ring (bicyclic) bond motifs is 1. The van der Waals surface area contributed by atoms with Crippen molar-refractivity contribution in [2.24, 2.45) is 0 Å². The number of carbonyl (C=O) groups excluding carboxylic acids is 1. The SMILES string of the molecule is CN(CC(=O)NCC(F)(F)F)C1CCc2ccccc21. The summed E-state index contributed by atoms with van der Waals surface area (Å²) in [6, 6.07) is 8.07. The molecule has 0 aliphatic heterocycles. The van der Waals surface area contributed by atoms with Crippen LogP contribution in [0.25, 0.3) is 0 Å². The second-order valence-electron chi connectivity index (χ2n) is 5.06. The molecule has 0 bridgehead atoms. The maximum Gasteiger partial charge on any atom is 0.405 e. The van der Waals surface area contributed by atoms with E-state index in [2.05, 4.69) is 0 Å². The highest BCUT2D eigenvalue weighted by Crippen LogP contribution is 2.34. The van der Waals surface area contributed by atoms with E-state index in [1.165, 1.54) is 11.1 Å². The highest BCUT2D eigenvalue weighted by molar-refractivity contribution is 5.78. The summed E-state index contributed by atoms with van der Waals surface area (Å²) in [5, 5.41) is 1.90. The highest BCUT2D eigenvalue weighted by Gasteiger charge is 2.29. The van der Waals surface area contributed by atoms with E-state index in [9.17, 15) is 18.0 Å². The van der Waals surface area contributed by atoms with Crippen molar-refractivity contribution in [1.29, 1.82) is 0 Å². The van der Waals surface area contributed by atoms with Crippen LogP contribution in [0.3, 0.4) is 0 Å². The van der Waals surface area contributed by atoms with Crippen LogP contribution in [0.15, 0.2) is 24.3 Å². The van der Waals surface area contributed by atoms with E-state index in [1.807, 2.05) is 29.6 Å². The van der Waals surface area contributed by atoms with Crippen molar-refractivity contribution in [3.63, 3.8) is 0 Å². The lowest BCUT2D eigenvalue weighted by molar-refractivity contribution is -0.139. The molecule has 0 fully saturated rings. The molecule has 3 nitrogen and oxygen atoms in total. The van der Waals surface area contributed by atoms with Gasteiger partial charge < -0.3 is 5.32 Å². The van der Waals surface area contributed by atoms with Gasteiger partial charge in [-0.3, -0.25) is 9.69 Å². The van der Waals surface area contributed by atoms with Gasteiger partial charge in [-0.15, -0.1) is 0 Å². The maximum atomic E-state index is 12.0. The van der Waals surface area contributed by atoms with Crippen LogP contribution in [0.4, 0.5) is 13.2 Å². The van der Waals surface area contributed by atoms with Crippen molar-refractivity contribution in [2.45, 2.75) is 25.1 Å². The average Bonchev–Trinajstić information content (AvgIpc) is 2.79. The third-order valence-electron chi connectivity index (χ3n) is 3.51. The third-order valence-corrected chi connectivity index (χ3v) is 3.51. The van der Waals surface area contributed by atoms with E-state index in [1.54, 1.807) is 11.9 Å². The summed E-state index contributed by atoms with van der Waals surface area (Å²) in [6.07, 6.45) is -2.54. The minimum Gasteiger partial charge on any atom is -0.346 e. The fourth-order valence-corrected chi connectivity index (χ4v) is 2.58. The zero-order valence-electron chi connectivity index (χ0n) is 11.2. The number of amides is 1. The summed E-state index contributed by atoms with van der Waals surface area (Å²) in [6.45, 7) is -1.31. The van der Waals surface area contributed by atoms with E-state index < -0.39 is 18.6 Å². The Balaban J connectivity index is 1.90. The first kappa shape index (κ1) is 14.8. The van der Waals surface area contributed by atoms with Crippen molar-refractivity contribution < 1.29 is 18.0 Å². The van der Waals surface area contributed by atoms with Crippen LogP contribution in [0.1, 0.15) is 23.6 Å². The molecule has 0 saturated heterocycles. The first-order valence-corrected chi connectivity index (χ1v) is 6.48. The average molecular weight is 286 g/mol. The smallest absolute Gasteiger partial charge is 0.346 e. The van der Waals surface area contributed by atoms with Crippen molar-refractivity contribution in [3.8, 4) is 0 Å². The maximum absolute atomic E-state index is 12.0. The van der Waals surface area contributed by atoms with Crippen molar-refractivity contribution in [3.05, 3.63) is 35.4 Å². The first-order chi connectivity index (χ1) is 9.37. The molecular formula is C14H17F3N2O. The Morgan fingerprint density at radius 2 is 2.10 bits per heavy atom. The molecule has 2 rings (SSSR count). The predicted octanol–water partition coefficient (Wildman–Crippen LogP) is 2.28. The van der Waals surface area contributed by atoms with Crippen molar-refractivity contribution in [2.75, 3.05) is 20.1 Å². The fraction of sp³-hybridized carbons (Fsp3) is 0.500. The van der Waals surface area contributed by atoms with Crippen LogP contribution in [-0.2, 0) is 11.2 Å². The quantitative estimate of drug-likeness (QED) is 0.921. The van der Waals surface area contributed by atoms with Crippen molar-refractivity contribution in [1.82, 2.24) is 10.2 Å². The fourth-order valence-electron chi connectivity index (χ4n) is 2.58. The lowest BCUT2D eigenvalue weighted by Crippen LogP contribution is -2.40. The Kier molecular flexibility index (Phi) is 4.32. The molecule has 1 N–H and O–H groups in total. The molecule has 20 heavy (non-hydrogen) atoms. The van der Waals surface area contributed by atoms with Crippen LogP contribution < -0.4 is 5.32 Å². The monoisotopic (exact) mass is 286 g/mol. The third kappa shape index (κ3) is 3.72. The van der Waals surface area contributed by atoms with Gasteiger partial charge in [0, 0.05) is 6.04 Å². The Hall–Kier alpha value is -1.56. The van der Waals surface area contributed by atoms with Crippen molar-refractivity contribution >= 4 is 5.91 Å². The van der Waals surface area contributed by atoms with E-state index >= 15 is 0 Å². The molecule has 1 aromatic carbocycles. The summed E-state index contributed by atoms with van der Waals surface area (Å²) in [7, 11) is 1.76. The van der Waals surface area contributed by atoms with Gasteiger partial charge in [-0.1, -0.05) is 24.3 Å². The van der Waals surface area contributed by atoms with Gasteiger partial charge in [0.2, 0.25) is 5.91 Å². The molecule has 0 heterocycles. The lowest BCUT2D eigenvalue weighted by Gasteiger charge is -2.24. The number of hydrogen-bond donors (Lipinski definition) is 1. The van der Waals surface area contributed by atoms with E-state index in [-0.39, 0.29) is 12.6 Å². The molecule has 0 saturated carbocycles. The number of alkyl halides is 3. The summed E-state index contributed by atoms with van der Waals surface area (Å²) in [4.78, 5) is 13.3. The second kappa shape index (κ2) is 5.83. The summed E-state index contributed by atoms with van der Waals surface area (Å²) >= 11 is 0. The first-order valence-electron chi connectivity index (χ1n) is 6.48. The van der Waals surface area contributed by atoms with Gasteiger partial charge in [0.05, 0.1) is 6.54 Å². The number of nitrogens with zero attached hydrogens (tertiary/aromatic N) is 1. The van der Waals surface area contributed by atoms with Gasteiger partial charge in [0.25, 0.3) is 0 Å². The molecule has 0 radical (unpaired) electrons. The van der Waals surface area contributed by atoms with Gasteiger partial charge in [-0.25, -0.2) is 0 Å². The number of rotatable bonds is 4. The largest absolute Gasteiger partial charge is 0.405 e. The number of hydrogen-bond acceptors (Lipinski definition) is 2. The summed E-state index contributed by atoms with van der Waals surface area (Å²) < 4.78 is 36.1. The predicted molar refractivity (Wildman–Crippen MR) is 69.2 cm³/mol. The standard InChI is InChI=1S/C14H17F3N2O/c1-19(8-13(20)18-9-14(15,16)17)12-7-6-10-4-2-3-5-11(10)12/h2-5,12H,6-9H2,1H3,(H,18,20). The number of benzene rings is 1. The molecule has 110 valence electrons. The second-order valence-corrected chi connectivity index (χ2v) is 5.06. The van der Waals surface area contributed by atoms with Gasteiger partial charge in [0.15, 0.2) is 0 Å². The van der Waals surface area contributed by atoms with Gasteiger partial charge in [0.1, 0.15) is 6.54 Å². The zero-order chi connectivity index (χ0) is 14.8. The Bertz CT molecular complexity index is 488. The van der Waals surface area contributed by atoms with Crippen LogP contribution in [0, 0.1) is 0 Å². The van der Waals surface area contributed by atoms with Crippen LogP contribution in [0.5, 0.6) is 0 Å². The minimum absolute atomic E-state index is 0.0327. The molecule has 1 aromatic rings. The molecule has 1 atom stereocenters. The van der Waals surface area contributed by atoms with E-state index in [4.69, 9.17) is 0 Å². The Labute approximate surface area is 115 Å². The molecule has 1 aliphatic carbocycles. The molecule has 1 unspecified atom stereocenters. The molecule has 0 spiro atoms. The van der Waals surface area contributed by atoms with Crippen LogP contribution >= 0.6 is 0 Å². The number of carbonyl (C=O) groups is 1. The molecule has 1 amide bonds. The number of nitrogens with one attached hydrogen (secondary N) is 1. The number of halogens is 3. The Morgan fingerprint density at radius 3 is 2.80 bits per heavy atom. The normalized spacial score (nSPS) is 18.1. The molecule has 0 aromatic heterocycles. The topological polar surface area (TPSA) is 32.3 Å². The Morgan fingerprint density at radius 1 is 1.40 bits per heavy atom. The number of aryl methyl sites for hydroxylation is 1. The molecular weight excluding hydrogens is 269 g/mol. The zero-order valence-corrected chi connectivity index (χ0v) is 11.2. The van der Waals surface area contributed by atoms with Crippen LogP contribution in [-0.4, -0.2) is 37.1 Å². The molecule has 1 aliphatic rings. The van der Waals surface area contributed by atoms with E-state index in [0.717, 1.165) is 12.8 Å². The summed E-state index contributed by atoms with van der Waals surface area (Å²) in [5.41, 5.74) is 2.42. The van der Waals surface area contributed by atoms with E-state index in [0.29, 0.717) is 0 Å².